The van der Waals surface area contributed by atoms with Crippen molar-refractivity contribution in [2.45, 2.75) is 83.0 Å². The largest absolute Gasteiger partial charge is 0.467 e. The number of carbonyl (C=O) groups is 4. The summed E-state index contributed by atoms with van der Waals surface area (Å²) in [6, 6.07) is 5.77. The van der Waals surface area contributed by atoms with Crippen LogP contribution in [0.5, 0.6) is 0 Å². The summed E-state index contributed by atoms with van der Waals surface area (Å²) in [7, 11) is -0.240. The van der Waals surface area contributed by atoms with E-state index in [1.807, 2.05) is 6.07 Å². The summed E-state index contributed by atoms with van der Waals surface area (Å²) >= 11 is 0. The fourth-order valence-electron chi connectivity index (χ4n) is 4.12. The van der Waals surface area contributed by atoms with E-state index in [0.29, 0.717) is 6.42 Å². The molecule has 3 amide bonds. The van der Waals surface area contributed by atoms with Gasteiger partial charge in [0.25, 0.3) is 0 Å². The van der Waals surface area contributed by atoms with E-state index in [9.17, 15) is 29.3 Å². The highest BCUT2D eigenvalue weighted by Gasteiger charge is 2.50. The van der Waals surface area contributed by atoms with Crippen LogP contribution in [0.3, 0.4) is 0 Å². The van der Waals surface area contributed by atoms with Gasteiger partial charge in [-0.25, -0.2) is 9.59 Å². The average molecular weight is 579 g/mol. The van der Waals surface area contributed by atoms with Crippen LogP contribution in [-0.2, 0) is 30.3 Å². The molecule has 0 aromatic heterocycles. The Kier molecular flexibility index (Phi) is 12.1. The van der Waals surface area contributed by atoms with Gasteiger partial charge in [0.2, 0.25) is 17.9 Å². The van der Waals surface area contributed by atoms with E-state index in [4.69, 9.17) is 9.47 Å². The third-order valence-corrected chi connectivity index (χ3v) is 8.43. The van der Waals surface area contributed by atoms with Crippen LogP contribution in [0.1, 0.15) is 32.3 Å². The molecule has 222 valence electrons. The maximum atomic E-state index is 13.5. The Hall–Kier alpha value is -3.48. The average Bonchev–Trinajstić information content (AvgIpc) is 3.65. The van der Waals surface area contributed by atoms with Gasteiger partial charge in [0.1, 0.15) is 18.1 Å². The monoisotopic (exact) mass is 578 g/mol. The van der Waals surface area contributed by atoms with Crippen molar-refractivity contribution in [2.24, 2.45) is 11.8 Å². The summed E-state index contributed by atoms with van der Waals surface area (Å²) < 4.78 is 10.1. The second-order valence-electron chi connectivity index (χ2n) is 11.7. The van der Waals surface area contributed by atoms with Crippen molar-refractivity contribution in [1.29, 1.82) is 0 Å². The maximum absolute atomic E-state index is 13.5. The Labute approximate surface area is 236 Å². The first-order valence-electron chi connectivity index (χ1n) is 13.5. The number of nitrogens with zero attached hydrogens (tertiary/aromatic N) is 1. The molecule has 0 saturated heterocycles. The molecule has 40 heavy (non-hydrogen) atoms. The molecule has 3 N–H and O–H groups in total. The molecule has 0 bridgehead atoms. The number of esters is 1. The molecule has 1 aliphatic rings. The van der Waals surface area contributed by atoms with Gasteiger partial charge in [-0.2, -0.15) is 0 Å². The van der Waals surface area contributed by atoms with Crippen molar-refractivity contribution in [3.05, 3.63) is 46.0 Å². The minimum atomic E-state index is -1.46. The number of ether oxygens (including phenoxy) is 2. The number of amides is 3. The van der Waals surface area contributed by atoms with Gasteiger partial charge in [0.05, 0.1) is 13.7 Å². The Morgan fingerprint density at radius 2 is 1.65 bits per heavy atom. The summed E-state index contributed by atoms with van der Waals surface area (Å²) in [5.41, 5.74) is 0.757. The summed E-state index contributed by atoms with van der Waals surface area (Å²) in [5.74, 6) is -2.56. The standard InChI is InChI=1S/C27H42N4O8Si/c1-17(2)23(26(34)38-3)30-25(33)20(14-18-10-8-7-9-11-18)28-24(32)21(15-19-16-22(19)31(36)37)29-27(35)39-12-13-40(4,5)6/h7-11,17,19-23H,12-16H2,1-6H3,(H,28,32)(H,29,35)(H,30,33)/t19-,20+,21+,22-,23+/m1/s1. The smallest absolute Gasteiger partial charge is 0.407 e. The lowest BCUT2D eigenvalue weighted by Crippen LogP contribution is -2.57. The van der Waals surface area contributed by atoms with Gasteiger partial charge < -0.3 is 25.4 Å². The molecule has 5 atom stereocenters. The second kappa shape index (κ2) is 14.8. The van der Waals surface area contributed by atoms with Gasteiger partial charge in [0.15, 0.2) is 0 Å². The maximum Gasteiger partial charge on any atom is 0.407 e. The number of methoxy groups -OCH3 is 1. The number of alkyl carbamates (subject to hydrolysis) is 1. The Bertz CT molecular complexity index is 1050. The molecule has 2 rings (SSSR count). The number of carbonyl (C=O) groups excluding carboxylic acids is 4. The number of hydrogen-bond acceptors (Lipinski definition) is 8. The molecule has 0 unspecified atom stereocenters. The van der Waals surface area contributed by atoms with Crippen molar-refractivity contribution < 1.29 is 33.6 Å². The molecule has 0 radical (unpaired) electrons. The van der Waals surface area contributed by atoms with Gasteiger partial charge in [-0.3, -0.25) is 19.7 Å². The van der Waals surface area contributed by atoms with Crippen LogP contribution in [-0.4, -0.2) is 74.8 Å². The van der Waals surface area contributed by atoms with Crippen LogP contribution in [0.2, 0.25) is 25.7 Å². The van der Waals surface area contributed by atoms with Crippen LogP contribution in [0, 0.1) is 22.0 Å². The molecular formula is C27H42N4O8Si. The van der Waals surface area contributed by atoms with E-state index in [1.54, 1.807) is 38.1 Å². The highest BCUT2D eigenvalue weighted by atomic mass is 28.3. The normalized spacial score (nSPS) is 18.6. The van der Waals surface area contributed by atoms with E-state index in [0.717, 1.165) is 11.6 Å². The lowest BCUT2D eigenvalue weighted by molar-refractivity contribution is -0.498. The molecule has 1 fully saturated rings. The van der Waals surface area contributed by atoms with Crippen molar-refractivity contribution in [3.63, 3.8) is 0 Å². The van der Waals surface area contributed by atoms with E-state index >= 15 is 0 Å². The van der Waals surface area contributed by atoms with Crippen molar-refractivity contribution in [2.75, 3.05) is 13.7 Å². The van der Waals surface area contributed by atoms with Crippen molar-refractivity contribution >= 4 is 32.0 Å². The lowest BCUT2D eigenvalue weighted by Gasteiger charge is -2.26. The zero-order valence-electron chi connectivity index (χ0n) is 24.1. The highest BCUT2D eigenvalue weighted by molar-refractivity contribution is 6.76. The quantitative estimate of drug-likeness (QED) is 0.124. The summed E-state index contributed by atoms with van der Waals surface area (Å²) in [5, 5.41) is 19.1. The first-order chi connectivity index (χ1) is 18.7. The molecule has 0 heterocycles. The molecular weight excluding hydrogens is 536 g/mol. The molecule has 0 aliphatic heterocycles. The highest BCUT2D eigenvalue weighted by Crippen LogP contribution is 2.37. The van der Waals surface area contributed by atoms with Gasteiger partial charge in [-0.1, -0.05) is 63.8 Å². The molecule has 13 heteroatoms. The number of nitro groups is 1. The summed E-state index contributed by atoms with van der Waals surface area (Å²) in [6.45, 7) is 10.1. The number of nitrogens with one attached hydrogen (secondary N) is 3. The number of hydrogen-bond donors (Lipinski definition) is 3. The minimum Gasteiger partial charge on any atom is -0.467 e. The Morgan fingerprint density at radius 1 is 1.02 bits per heavy atom. The third-order valence-electron chi connectivity index (χ3n) is 6.72. The second-order valence-corrected chi connectivity index (χ2v) is 17.4. The van der Waals surface area contributed by atoms with E-state index in [-0.39, 0.29) is 31.3 Å². The predicted molar refractivity (Wildman–Crippen MR) is 151 cm³/mol. The third kappa shape index (κ3) is 10.9. The first kappa shape index (κ1) is 32.7. The molecule has 1 aromatic rings. The fourth-order valence-corrected chi connectivity index (χ4v) is 4.84. The summed E-state index contributed by atoms with van der Waals surface area (Å²) in [4.78, 5) is 62.4. The van der Waals surface area contributed by atoms with Gasteiger partial charge in [-0.05, 0) is 23.9 Å². The van der Waals surface area contributed by atoms with Crippen molar-refractivity contribution in [1.82, 2.24) is 16.0 Å². The molecule has 1 saturated carbocycles. The Balaban J connectivity index is 2.21. The lowest BCUT2D eigenvalue weighted by atomic mass is 10.0. The van der Waals surface area contributed by atoms with Gasteiger partial charge >= 0.3 is 12.1 Å². The topological polar surface area (TPSA) is 166 Å². The van der Waals surface area contributed by atoms with E-state index in [2.05, 4.69) is 35.6 Å². The van der Waals surface area contributed by atoms with Crippen LogP contribution in [0.25, 0.3) is 0 Å². The van der Waals surface area contributed by atoms with E-state index < -0.39 is 61.0 Å². The zero-order valence-corrected chi connectivity index (χ0v) is 25.1. The predicted octanol–water partition coefficient (Wildman–Crippen LogP) is 2.52. The first-order valence-corrected chi connectivity index (χ1v) is 17.2. The summed E-state index contributed by atoms with van der Waals surface area (Å²) in [6.07, 6.45) is -0.367. The zero-order chi connectivity index (χ0) is 30.0. The van der Waals surface area contributed by atoms with Gasteiger partial charge in [0, 0.05) is 31.8 Å². The minimum absolute atomic E-state index is 0.0249. The van der Waals surface area contributed by atoms with Crippen LogP contribution in [0.4, 0.5) is 4.79 Å². The molecule has 1 aromatic carbocycles. The SMILES string of the molecule is COC(=O)[C@@H](NC(=O)[C@H](Cc1ccccc1)NC(=O)[C@H](C[C@@H]1C[C@H]1[N+](=O)[O-])NC(=O)OCC[Si](C)(C)C)C(C)C. The number of benzene rings is 1. The van der Waals surface area contributed by atoms with E-state index in [1.165, 1.54) is 7.11 Å². The molecule has 12 nitrogen and oxygen atoms in total. The van der Waals surface area contributed by atoms with Crippen LogP contribution < -0.4 is 16.0 Å². The fraction of sp³-hybridized carbons (Fsp3) is 0.630. The van der Waals surface area contributed by atoms with Crippen molar-refractivity contribution in [3.8, 4) is 0 Å². The van der Waals surface area contributed by atoms with Gasteiger partial charge in [-0.15, -0.1) is 0 Å². The molecule has 1 aliphatic carbocycles. The number of rotatable bonds is 15. The van der Waals surface area contributed by atoms with Crippen LogP contribution >= 0.6 is 0 Å². The Morgan fingerprint density at radius 3 is 2.17 bits per heavy atom. The molecule has 0 spiro atoms. The van der Waals surface area contributed by atoms with Crippen LogP contribution in [0.15, 0.2) is 30.3 Å².